The van der Waals surface area contributed by atoms with Crippen LogP contribution in [0.2, 0.25) is 0 Å². The van der Waals surface area contributed by atoms with E-state index in [0.717, 1.165) is 0 Å². The van der Waals surface area contributed by atoms with Crippen molar-refractivity contribution in [2.24, 2.45) is 0 Å². The number of nitro groups is 1. The van der Waals surface area contributed by atoms with Gasteiger partial charge in [0.2, 0.25) is 0 Å². The second-order valence-corrected chi connectivity index (χ2v) is 2.76. The van der Waals surface area contributed by atoms with E-state index in [9.17, 15) is 23.7 Å². The molecule has 7 nitrogen and oxygen atoms in total. The summed E-state index contributed by atoms with van der Waals surface area (Å²) in [6.45, 7) is 0. The molecule has 0 atom stereocenters. The molecule has 1 heterocycles. The molecule has 0 unspecified atom stereocenters. The Balaban J connectivity index is 3.73. The molecule has 0 aliphatic heterocycles. The van der Waals surface area contributed by atoms with Gasteiger partial charge in [-0.2, -0.15) is 5.26 Å². The second kappa shape index (κ2) is 4.48. The zero-order valence-electron chi connectivity index (χ0n) is 7.92. The Bertz CT molecular complexity index is 538. The monoisotopic (exact) mass is 243 g/mol. The summed E-state index contributed by atoms with van der Waals surface area (Å²) in [6, 6.07) is 1.31. The Morgan fingerprint density at radius 3 is 2.59 bits per heavy atom. The average Bonchev–Trinajstić information content (AvgIpc) is 2.26. The van der Waals surface area contributed by atoms with Crippen LogP contribution in [0, 0.1) is 21.4 Å². The molecule has 9 heteroatoms. The van der Waals surface area contributed by atoms with Crippen LogP contribution < -0.4 is 0 Å². The maximum Gasteiger partial charge on any atom is 0.378 e. The molecule has 88 valence electrons. The quantitative estimate of drug-likeness (QED) is 0.634. The lowest BCUT2D eigenvalue weighted by molar-refractivity contribution is -0.390. The number of rotatable bonds is 3. The number of aromatic carboxylic acids is 1. The maximum absolute atomic E-state index is 12.6. The normalized spacial score (nSPS) is 10.0. The second-order valence-electron chi connectivity index (χ2n) is 2.76. The fourth-order valence-corrected chi connectivity index (χ4v) is 1.18. The Morgan fingerprint density at radius 2 is 2.24 bits per heavy atom. The number of carbonyl (C=O) groups is 1. The van der Waals surface area contributed by atoms with E-state index in [1.165, 1.54) is 6.07 Å². The summed E-state index contributed by atoms with van der Waals surface area (Å²) < 4.78 is 25.2. The largest absolute Gasteiger partial charge is 0.477 e. The molecule has 0 saturated heterocycles. The van der Waals surface area contributed by atoms with Gasteiger partial charge < -0.3 is 15.2 Å². The number of nitriles is 1. The Kier molecular flexibility index (Phi) is 3.28. The van der Waals surface area contributed by atoms with Gasteiger partial charge in [-0.05, 0) is 9.91 Å². The van der Waals surface area contributed by atoms with Crippen molar-refractivity contribution in [2.75, 3.05) is 0 Å². The van der Waals surface area contributed by atoms with Crippen LogP contribution in [-0.4, -0.2) is 21.0 Å². The Morgan fingerprint density at radius 1 is 1.65 bits per heavy atom. The first-order valence-electron chi connectivity index (χ1n) is 3.99. The van der Waals surface area contributed by atoms with Gasteiger partial charge in [0.05, 0.1) is 5.56 Å². The van der Waals surface area contributed by atoms with Gasteiger partial charge in [-0.1, -0.05) is 0 Å². The minimum atomic E-state index is -3.32. The lowest BCUT2D eigenvalue weighted by Gasteiger charge is -2.05. The highest BCUT2D eigenvalue weighted by atomic mass is 19.3. The van der Waals surface area contributed by atoms with E-state index in [1.54, 1.807) is 0 Å². The molecule has 1 N–H and O–H groups in total. The Labute approximate surface area is 92.1 Å². The van der Waals surface area contributed by atoms with Crippen molar-refractivity contribution in [1.29, 1.82) is 5.26 Å². The number of carboxylic acids is 1. The van der Waals surface area contributed by atoms with E-state index in [4.69, 9.17) is 10.4 Å². The number of carboxylic acid groups (broad SMARTS) is 1. The predicted molar refractivity (Wildman–Crippen MR) is 47.5 cm³/mol. The van der Waals surface area contributed by atoms with Gasteiger partial charge in [-0.15, -0.1) is 0 Å². The molecule has 1 aromatic rings. The smallest absolute Gasteiger partial charge is 0.378 e. The molecule has 0 spiro atoms. The molecule has 0 aromatic carbocycles. The number of alkyl halides is 2. The number of hydrogen-bond donors (Lipinski definition) is 1. The van der Waals surface area contributed by atoms with E-state index in [0.29, 0.717) is 6.20 Å². The third-order valence-corrected chi connectivity index (χ3v) is 1.82. The molecule has 17 heavy (non-hydrogen) atoms. The molecular weight excluding hydrogens is 240 g/mol. The number of aromatic nitrogens is 1. The van der Waals surface area contributed by atoms with Crippen molar-refractivity contribution in [1.82, 2.24) is 4.98 Å². The van der Waals surface area contributed by atoms with Crippen LogP contribution in [0.25, 0.3) is 0 Å². The lowest BCUT2D eigenvalue weighted by Crippen LogP contribution is -2.11. The van der Waals surface area contributed by atoms with E-state index in [1.807, 2.05) is 0 Å². The van der Waals surface area contributed by atoms with Crippen LogP contribution in [0.4, 0.5) is 14.6 Å². The minimum Gasteiger partial charge on any atom is -0.477 e. The van der Waals surface area contributed by atoms with Crippen LogP contribution >= 0.6 is 0 Å². The van der Waals surface area contributed by atoms with Crippen molar-refractivity contribution in [2.45, 2.75) is 6.43 Å². The molecule has 0 aliphatic carbocycles. The Hall–Kier alpha value is -2.63. The molecular formula is C8H3F2N3O4. The number of pyridine rings is 1. The van der Waals surface area contributed by atoms with Gasteiger partial charge in [-0.25, -0.2) is 13.6 Å². The van der Waals surface area contributed by atoms with Crippen molar-refractivity contribution >= 4 is 11.8 Å². The third-order valence-electron chi connectivity index (χ3n) is 1.82. The summed E-state index contributed by atoms with van der Waals surface area (Å²) >= 11 is 0. The van der Waals surface area contributed by atoms with E-state index >= 15 is 0 Å². The van der Waals surface area contributed by atoms with Crippen molar-refractivity contribution in [3.05, 3.63) is 33.0 Å². The first kappa shape index (κ1) is 12.4. The number of nitrogens with zero attached hydrogens (tertiary/aromatic N) is 3. The molecule has 1 aromatic heterocycles. The standard InChI is InChI=1S/C8H3F2N3O4/c9-6(10)4-3(1-11)2-12-7(13(16)17)5(4)8(14)15/h2,6H,(H,14,15). The third kappa shape index (κ3) is 2.15. The van der Waals surface area contributed by atoms with Crippen molar-refractivity contribution in [3.63, 3.8) is 0 Å². The first-order valence-corrected chi connectivity index (χ1v) is 3.99. The van der Waals surface area contributed by atoms with Gasteiger partial charge in [0.25, 0.3) is 6.43 Å². The molecule has 0 saturated carbocycles. The zero-order valence-corrected chi connectivity index (χ0v) is 7.92. The van der Waals surface area contributed by atoms with Gasteiger partial charge >= 0.3 is 11.8 Å². The highest BCUT2D eigenvalue weighted by Crippen LogP contribution is 2.30. The summed E-state index contributed by atoms with van der Waals surface area (Å²) in [5.74, 6) is -3.15. The fraction of sp³-hybridized carbons (Fsp3) is 0.125. The van der Waals surface area contributed by atoms with Crippen LogP contribution in [0.15, 0.2) is 6.20 Å². The average molecular weight is 243 g/mol. The van der Waals surface area contributed by atoms with Crippen LogP contribution in [-0.2, 0) is 0 Å². The van der Waals surface area contributed by atoms with Gasteiger partial charge in [-0.3, -0.25) is 0 Å². The SMILES string of the molecule is N#Cc1cnc([N+](=O)[O-])c(C(=O)O)c1C(F)F. The summed E-state index contributed by atoms with van der Waals surface area (Å²) in [4.78, 5) is 23.1. The summed E-state index contributed by atoms with van der Waals surface area (Å²) in [7, 11) is 0. The van der Waals surface area contributed by atoms with Crippen LogP contribution in [0.5, 0.6) is 0 Å². The van der Waals surface area contributed by atoms with Crippen LogP contribution in [0.3, 0.4) is 0 Å². The van der Waals surface area contributed by atoms with E-state index in [2.05, 4.69) is 4.98 Å². The topological polar surface area (TPSA) is 117 Å². The first-order chi connectivity index (χ1) is 7.90. The van der Waals surface area contributed by atoms with Gasteiger partial charge in [0.15, 0.2) is 11.8 Å². The van der Waals surface area contributed by atoms with Crippen molar-refractivity contribution in [3.8, 4) is 6.07 Å². The van der Waals surface area contributed by atoms with Crippen LogP contribution in [0.1, 0.15) is 27.9 Å². The molecule has 1 rings (SSSR count). The van der Waals surface area contributed by atoms with Crippen molar-refractivity contribution < 1.29 is 23.6 Å². The van der Waals surface area contributed by atoms with E-state index in [-0.39, 0.29) is 0 Å². The molecule has 0 aliphatic rings. The minimum absolute atomic E-state index is 0.548. The molecule has 0 fully saturated rings. The summed E-state index contributed by atoms with van der Waals surface area (Å²) in [6.07, 6.45) is -2.77. The maximum atomic E-state index is 12.6. The highest BCUT2D eigenvalue weighted by molar-refractivity contribution is 5.94. The predicted octanol–water partition coefficient (Wildman–Crippen LogP) is 1.50. The van der Waals surface area contributed by atoms with Gasteiger partial charge in [0, 0.05) is 0 Å². The number of hydrogen-bond acceptors (Lipinski definition) is 5. The lowest BCUT2D eigenvalue weighted by atomic mass is 10.0. The molecule has 0 bridgehead atoms. The van der Waals surface area contributed by atoms with E-state index < -0.39 is 39.8 Å². The van der Waals surface area contributed by atoms with Gasteiger partial charge in [0.1, 0.15) is 11.6 Å². The molecule has 0 amide bonds. The fourth-order valence-electron chi connectivity index (χ4n) is 1.18. The highest BCUT2D eigenvalue weighted by Gasteiger charge is 2.32. The molecule has 0 radical (unpaired) electrons. The summed E-state index contributed by atoms with van der Waals surface area (Å²) in [5.41, 5.74) is -3.16. The zero-order chi connectivity index (χ0) is 13.2. The summed E-state index contributed by atoms with van der Waals surface area (Å²) in [5, 5.41) is 27.6. The number of halogens is 2.